The summed E-state index contributed by atoms with van der Waals surface area (Å²) >= 11 is 12.3. The highest BCUT2D eigenvalue weighted by molar-refractivity contribution is 6.36. The van der Waals surface area contributed by atoms with E-state index < -0.39 is 11.4 Å². The minimum atomic E-state index is -1.19. The van der Waals surface area contributed by atoms with Gasteiger partial charge in [-0.3, -0.25) is 0 Å². The van der Waals surface area contributed by atoms with E-state index in [1.165, 1.54) is 0 Å². The molecular formula is C40H33Cl2N3O5. The molecule has 0 unspecified atom stereocenters. The molecule has 10 heteroatoms. The van der Waals surface area contributed by atoms with Crippen LogP contribution < -0.4 is 9.47 Å². The number of hydrogen-bond donors (Lipinski definition) is 2. The Morgan fingerprint density at radius 3 is 1.56 bits per heavy atom. The minimum Gasteiger partial charge on any atom is -0.487 e. The van der Waals surface area contributed by atoms with E-state index in [0.717, 1.165) is 44.3 Å². The van der Waals surface area contributed by atoms with Crippen LogP contribution in [-0.2, 0) is 23.4 Å². The zero-order valence-corrected chi connectivity index (χ0v) is 28.4. The Morgan fingerprint density at radius 1 is 0.700 bits per heavy atom. The third-order valence-corrected chi connectivity index (χ3v) is 10.0. The van der Waals surface area contributed by atoms with Crippen LogP contribution in [0, 0.1) is 5.92 Å². The van der Waals surface area contributed by atoms with Crippen molar-refractivity contribution in [2.24, 2.45) is 11.1 Å². The summed E-state index contributed by atoms with van der Waals surface area (Å²) in [7, 11) is 0. The number of fused-ring (bicyclic) bond motifs is 2. The Balaban J connectivity index is 1.09. The van der Waals surface area contributed by atoms with Crippen molar-refractivity contribution in [3.05, 3.63) is 142 Å². The number of halogens is 2. The maximum absolute atomic E-state index is 11.8. The molecule has 0 aliphatic heterocycles. The number of aliphatic carboxylic acids is 1. The van der Waals surface area contributed by atoms with Gasteiger partial charge in [0, 0.05) is 32.2 Å². The number of carbonyl (C=O) groups is 1. The molecule has 0 spiro atoms. The highest BCUT2D eigenvalue weighted by Crippen LogP contribution is 2.47. The number of carboxylic acid groups (broad SMARTS) is 1. The maximum Gasteiger partial charge on any atom is 0.353 e. The third-order valence-electron chi connectivity index (χ3n) is 9.56. The van der Waals surface area contributed by atoms with Crippen LogP contribution in [0.3, 0.4) is 0 Å². The molecule has 0 bridgehead atoms. The van der Waals surface area contributed by atoms with E-state index in [1.54, 1.807) is 0 Å². The number of ether oxygens (including phenoxy) is 2. The molecular weight excluding hydrogens is 673 g/mol. The lowest BCUT2D eigenvalue weighted by Crippen LogP contribution is -2.37. The first-order valence-electron chi connectivity index (χ1n) is 16.3. The summed E-state index contributed by atoms with van der Waals surface area (Å²) in [6.45, 7) is 0.605. The number of pyridine rings is 2. The number of hydrogen-bond acceptors (Lipinski definition) is 7. The van der Waals surface area contributed by atoms with Crippen LogP contribution >= 0.6 is 23.2 Å². The average Bonchev–Trinajstić information content (AvgIpc) is 3.13. The van der Waals surface area contributed by atoms with Crippen molar-refractivity contribution < 1.29 is 24.6 Å². The van der Waals surface area contributed by atoms with Gasteiger partial charge in [0.15, 0.2) is 5.71 Å². The second kappa shape index (κ2) is 14.4. The van der Waals surface area contributed by atoms with E-state index in [4.69, 9.17) is 32.7 Å². The van der Waals surface area contributed by atoms with Crippen LogP contribution in [-0.4, -0.2) is 32.0 Å². The van der Waals surface area contributed by atoms with Gasteiger partial charge in [-0.15, -0.1) is 0 Å². The Bertz CT molecular complexity index is 2060. The van der Waals surface area contributed by atoms with Crippen molar-refractivity contribution in [3.63, 3.8) is 0 Å². The molecule has 1 aliphatic rings. The van der Waals surface area contributed by atoms with Crippen LogP contribution in [0.15, 0.2) is 114 Å². The second-order valence-electron chi connectivity index (χ2n) is 12.6. The van der Waals surface area contributed by atoms with E-state index >= 15 is 0 Å². The summed E-state index contributed by atoms with van der Waals surface area (Å²) in [4.78, 5) is 21.1. The molecule has 50 heavy (non-hydrogen) atoms. The molecule has 2 heterocycles. The monoisotopic (exact) mass is 705 g/mol. The Hall–Kier alpha value is -5.18. The summed E-state index contributed by atoms with van der Waals surface area (Å²) in [5.74, 6) is -0.121. The van der Waals surface area contributed by atoms with Gasteiger partial charge in [-0.1, -0.05) is 76.9 Å². The van der Waals surface area contributed by atoms with Crippen molar-refractivity contribution >= 4 is 56.7 Å². The SMILES string of the molecule is O=C(O)/C(=N\O)C1CCC(c2ccc(OCc3ccc4ccc(Cl)cc4n3)cc2)(c2ccc(OCc3ccc4ccc(Cl)cc4n3)cc2)CC1. The molecule has 7 rings (SSSR count). The summed E-state index contributed by atoms with van der Waals surface area (Å²) < 4.78 is 12.2. The van der Waals surface area contributed by atoms with Gasteiger partial charge < -0.3 is 19.8 Å². The highest BCUT2D eigenvalue weighted by atomic mass is 35.5. The first-order valence-corrected chi connectivity index (χ1v) is 17.1. The van der Waals surface area contributed by atoms with Crippen molar-refractivity contribution in [2.45, 2.75) is 44.3 Å². The van der Waals surface area contributed by atoms with Gasteiger partial charge in [0.25, 0.3) is 0 Å². The van der Waals surface area contributed by atoms with E-state index in [0.29, 0.717) is 60.4 Å². The molecule has 0 atom stereocenters. The normalized spacial score (nSPS) is 14.9. The third kappa shape index (κ3) is 7.08. The van der Waals surface area contributed by atoms with Crippen molar-refractivity contribution in [1.82, 2.24) is 9.97 Å². The predicted molar refractivity (Wildman–Crippen MR) is 195 cm³/mol. The van der Waals surface area contributed by atoms with Crippen LogP contribution in [0.4, 0.5) is 0 Å². The quantitative estimate of drug-likeness (QED) is 0.0829. The zero-order chi connectivity index (χ0) is 34.7. The van der Waals surface area contributed by atoms with Crippen LogP contribution in [0.25, 0.3) is 21.8 Å². The lowest BCUT2D eigenvalue weighted by atomic mass is 9.62. The van der Waals surface area contributed by atoms with Gasteiger partial charge in [-0.25, -0.2) is 14.8 Å². The molecule has 1 saturated carbocycles. The Morgan fingerprint density at radius 2 is 1.14 bits per heavy atom. The molecule has 2 aromatic heterocycles. The molecule has 252 valence electrons. The average molecular weight is 707 g/mol. The highest BCUT2D eigenvalue weighted by Gasteiger charge is 2.41. The number of benzene rings is 4. The molecule has 1 fully saturated rings. The molecule has 0 radical (unpaired) electrons. The fourth-order valence-electron chi connectivity index (χ4n) is 6.91. The fourth-order valence-corrected chi connectivity index (χ4v) is 7.24. The van der Waals surface area contributed by atoms with Gasteiger partial charge in [0.1, 0.15) is 24.7 Å². The van der Waals surface area contributed by atoms with Gasteiger partial charge >= 0.3 is 5.97 Å². The Kier molecular flexibility index (Phi) is 9.57. The standard InChI is InChI=1S/C40H33Cl2N3O5/c41-30-9-1-25-3-11-32(43-36(25)21-30)23-49-34-13-5-28(6-14-34)40(19-17-27(18-20-40)38(45-48)39(46)47)29-7-15-35(16-8-29)50-24-33-12-4-26-2-10-31(42)22-37(26)44-33/h1-16,21-22,27,48H,17-20,23-24H2,(H,46,47)/b45-38-. The smallest absolute Gasteiger partial charge is 0.353 e. The van der Waals surface area contributed by atoms with Gasteiger partial charge in [-0.2, -0.15) is 0 Å². The first kappa shape index (κ1) is 33.3. The number of carboxylic acids is 1. The minimum absolute atomic E-state index is 0.194. The van der Waals surface area contributed by atoms with Gasteiger partial charge in [0.2, 0.25) is 0 Å². The van der Waals surface area contributed by atoms with E-state index in [-0.39, 0.29) is 11.6 Å². The molecule has 4 aromatic carbocycles. The fraction of sp³-hybridized carbons (Fsp3) is 0.200. The molecule has 0 saturated heterocycles. The number of nitrogens with zero attached hydrogens (tertiary/aromatic N) is 3. The van der Waals surface area contributed by atoms with Crippen molar-refractivity contribution in [3.8, 4) is 11.5 Å². The first-order chi connectivity index (χ1) is 24.3. The molecule has 2 N–H and O–H groups in total. The molecule has 6 aromatic rings. The van der Waals surface area contributed by atoms with Gasteiger partial charge in [0.05, 0.1) is 22.4 Å². The summed E-state index contributed by atoms with van der Waals surface area (Å²) in [6, 6.07) is 35.3. The maximum atomic E-state index is 11.8. The zero-order valence-electron chi connectivity index (χ0n) is 26.9. The van der Waals surface area contributed by atoms with Crippen molar-refractivity contribution in [2.75, 3.05) is 0 Å². The van der Waals surface area contributed by atoms with Gasteiger partial charge in [-0.05, 0) is 97.5 Å². The van der Waals surface area contributed by atoms with E-state index in [1.807, 2.05) is 84.9 Å². The summed E-state index contributed by atoms with van der Waals surface area (Å²) in [5.41, 5.74) is 4.81. The van der Waals surface area contributed by atoms with Crippen LogP contribution in [0.2, 0.25) is 10.0 Å². The second-order valence-corrected chi connectivity index (χ2v) is 13.4. The largest absolute Gasteiger partial charge is 0.487 e. The number of oxime groups is 1. The Labute approximate surface area is 298 Å². The predicted octanol–water partition coefficient (Wildman–Crippen LogP) is 9.64. The van der Waals surface area contributed by atoms with Crippen LogP contribution in [0.5, 0.6) is 11.5 Å². The number of rotatable bonds is 10. The van der Waals surface area contributed by atoms with E-state index in [9.17, 15) is 15.1 Å². The topological polar surface area (TPSA) is 114 Å². The van der Waals surface area contributed by atoms with Crippen LogP contribution in [0.1, 0.15) is 48.2 Å². The van der Waals surface area contributed by atoms with Crippen molar-refractivity contribution in [1.29, 1.82) is 0 Å². The molecule has 8 nitrogen and oxygen atoms in total. The molecule has 0 amide bonds. The summed E-state index contributed by atoms with van der Waals surface area (Å²) in [5, 5.41) is 25.4. The summed E-state index contributed by atoms with van der Waals surface area (Å²) in [6.07, 6.45) is 2.43. The lowest BCUT2D eigenvalue weighted by Gasteiger charge is -2.41. The number of aromatic nitrogens is 2. The van der Waals surface area contributed by atoms with E-state index in [2.05, 4.69) is 39.4 Å². The lowest BCUT2D eigenvalue weighted by molar-refractivity contribution is -0.129. The molecule has 1 aliphatic carbocycles.